The molecular formula is C59H68O24. The van der Waals surface area contributed by atoms with Gasteiger partial charge in [0.2, 0.25) is 23.5 Å². The van der Waals surface area contributed by atoms with Gasteiger partial charge in [-0.3, -0.25) is 0 Å². The third-order valence-corrected chi connectivity index (χ3v) is 13.9. The van der Waals surface area contributed by atoms with E-state index < -0.39 is 80.1 Å². The van der Waals surface area contributed by atoms with Gasteiger partial charge in [0.15, 0.2) is 69.7 Å². The SMILES string of the molecule is COc1cc(C=CC(=O)OC[C@H]2O[C@@H](Oc3c(OC)cc(C[C@H]4CO[C@H](c5cc(OC)c(O[C@@H](c6cc(OC)c(O)c(OC)c6)[C@H](O)CO)c(OC)c5)[C@H]4CO)cc3OC)[C@H](O)[C@@H](O)[C@@H]2OC(=O)C=Cc2ccc(O)c(OC)c2)ccc1O. The Labute approximate surface area is 477 Å². The van der Waals surface area contributed by atoms with Gasteiger partial charge < -0.3 is 107 Å². The van der Waals surface area contributed by atoms with Crippen LogP contribution in [0.4, 0.5) is 0 Å². The van der Waals surface area contributed by atoms with Crippen molar-refractivity contribution in [3.8, 4) is 74.7 Å². The lowest BCUT2D eigenvalue weighted by Gasteiger charge is -2.41. The van der Waals surface area contributed by atoms with Crippen molar-refractivity contribution in [2.24, 2.45) is 11.8 Å². The van der Waals surface area contributed by atoms with Gasteiger partial charge in [-0.25, -0.2) is 9.59 Å². The monoisotopic (exact) mass is 1160 g/mol. The van der Waals surface area contributed by atoms with Crippen molar-refractivity contribution in [1.82, 2.24) is 0 Å². The number of benzene rings is 5. The van der Waals surface area contributed by atoms with E-state index in [0.717, 1.165) is 12.2 Å². The molecule has 5 aromatic carbocycles. The summed E-state index contributed by atoms with van der Waals surface area (Å²) in [6.45, 7) is -1.49. The predicted octanol–water partition coefficient (Wildman–Crippen LogP) is 4.59. The fourth-order valence-electron chi connectivity index (χ4n) is 9.55. The Balaban J connectivity index is 1.10. The van der Waals surface area contributed by atoms with Crippen molar-refractivity contribution >= 4 is 24.1 Å². The van der Waals surface area contributed by atoms with Crippen molar-refractivity contribution in [1.29, 1.82) is 0 Å². The lowest BCUT2D eigenvalue weighted by atomic mass is 9.84. The maximum absolute atomic E-state index is 13.3. The van der Waals surface area contributed by atoms with Gasteiger partial charge in [0, 0.05) is 30.2 Å². The minimum Gasteiger partial charge on any atom is -0.504 e. The number of carbonyl (C=O) groups excluding carboxylic acids is 2. The molecule has 0 aliphatic carbocycles. The summed E-state index contributed by atoms with van der Waals surface area (Å²) < 4.78 is 80.3. The molecule has 0 amide bonds. The van der Waals surface area contributed by atoms with E-state index in [1.54, 1.807) is 24.3 Å². The molecule has 24 nitrogen and oxygen atoms in total. The zero-order valence-electron chi connectivity index (χ0n) is 46.7. The Morgan fingerprint density at radius 3 is 1.66 bits per heavy atom. The highest BCUT2D eigenvalue weighted by atomic mass is 16.7. The first kappa shape index (κ1) is 62.2. The van der Waals surface area contributed by atoms with Crippen LogP contribution in [0.5, 0.6) is 74.7 Å². The number of rotatable bonds is 26. The van der Waals surface area contributed by atoms with Crippen LogP contribution in [0, 0.1) is 11.8 Å². The molecule has 2 fully saturated rings. The quantitative estimate of drug-likeness (QED) is 0.0277. The molecule has 7 rings (SSSR count). The Bertz CT molecular complexity index is 3010. The molecule has 2 heterocycles. The summed E-state index contributed by atoms with van der Waals surface area (Å²) in [6.07, 6.45) is -6.90. The first-order valence-electron chi connectivity index (χ1n) is 25.8. The Morgan fingerprint density at radius 1 is 0.639 bits per heavy atom. The minimum atomic E-state index is -1.90. The second kappa shape index (κ2) is 28.6. The third kappa shape index (κ3) is 14.5. The van der Waals surface area contributed by atoms with E-state index in [0.29, 0.717) is 28.7 Å². The molecule has 448 valence electrons. The van der Waals surface area contributed by atoms with Gasteiger partial charge in [-0.05, 0) is 107 Å². The van der Waals surface area contributed by atoms with E-state index in [9.17, 15) is 50.4 Å². The normalized spacial score (nSPS) is 21.2. The van der Waals surface area contributed by atoms with Crippen LogP contribution < -0.4 is 47.4 Å². The summed E-state index contributed by atoms with van der Waals surface area (Å²) in [5, 5.41) is 85.8. The van der Waals surface area contributed by atoms with E-state index in [-0.39, 0.29) is 99.4 Å². The second-order valence-electron chi connectivity index (χ2n) is 18.9. The molecular weight excluding hydrogens is 1090 g/mol. The number of ether oxygens (including phenoxy) is 14. The van der Waals surface area contributed by atoms with E-state index in [4.69, 9.17) is 66.3 Å². The number of esters is 2. The second-order valence-corrected chi connectivity index (χ2v) is 18.9. The number of aliphatic hydroxyl groups is 5. The van der Waals surface area contributed by atoms with Crippen LogP contribution >= 0.6 is 0 Å². The Hall–Kier alpha value is -8.36. The van der Waals surface area contributed by atoms with Crippen molar-refractivity contribution in [3.63, 3.8) is 0 Å². The van der Waals surface area contributed by atoms with E-state index in [2.05, 4.69) is 0 Å². The molecule has 0 spiro atoms. The largest absolute Gasteiger partial charge is 0.504 e. The highest BCUT2D eigenvalue weighted by Crippen LogP contribution is 2.49. The third-order valence-electron chi connectivity index (χ3n) is 13.9. The van der Waals surface area contributed by atoms with Gasteiger partial charge in [-0.15, -0.1) is 0 Å². The molecule has 0 saturated carbocycles. The molecule has 8 N–H and O–H groups in total. The average Bonchev–Trinajstić information content (AvgIpc) is 3.93. The maximum atomic E-state index is 13.3. The Kier molecular flexibility index (Phi) is 21.4. The van der Waals surface area contributed by atoms with Gasteiger partial charge in [0.1, 0.15) is 31.0 Å². The fraction of sp³-hybridized carbons (Fsp3) is 0.390. The van der Waals surface area contributed by atoms with Crippen LogP contribution in [-0.2, 0) is 35.0 Å². The van der Waals surface area contributed by atoms with Crippen molar-refractivity contribution < 1.29 is 117 Å². The molecule has 83 heavy (non-hydrogen) atoms. The number of aliphatic hydroxyl groups excluding tert-OH is 5. The zero-order valence-corrected chi connectivity index (χ0v) is 46.7. The number of methoxy groups -OCH3 is 8. The molecule has 2 aliphatic rings. The van der Waals surface area contributed by atoms with Crippen molar-refractivity contribution in [2.75, 3.05) is 83.3 Å². The molecule has 24 heteroatoms. The van der Waals surface area contributed by atoms with Crippen LogP contribution in [0.15, 0.2) is 84.9 Å². The summed E-state index contributed by atoms with van der Waals surface area (Å²) >= 11 is 0. The van der Waals surface area contributed by atoms with E-state index in [1.807, 2.05) is 0 Å². The van der Waals surface area contributed by atoms with Gasteiger partial charge >= 0.3 is 11.9 Å². The van der Waals surface area contributed by atoms with Crippen molar-refractivity contribution in [2.45, 2.75) is 55.4 Å². The van der Waals surface area contributed by atoms with Crippen LogP contribution in [0.3, 0.4) is 0 Å². The topological polar surface area (TPSA) is 325 Å². The number of phenols is 3. The smallest absolute Gasteiger partial charge is 0.331 e. The van der Waals surface area contributed by atoms with E-state index in [1.165, 1.54) is 118 Å². The standard InChI is InChI=1S/C59H68O24/c1-70-40-18-30(9-13-37(40)62)11-15-49(65)78-29-48-58(81-50(66)16-12-31-10-14-38(63)41(19-31)71-2)52(68)53(69)59(80-48)83-57-44(74-5)20-32(21-45(57)75-6)17-35-28-79-54(36(35)26-60)33-24-46(76-7)56(47(25-33)77-8)82-55(39(64)27-61)34-22-42(72-3)51(67)43(23-34)73-4/h9-16,18-25,35-36,39,48,52-55,58-64,67-69H,17,26-29H2,1-8H3/t35-,36-,39+,48+,52+,53+,54+,55-,58+,59-/m0/s1. The van der Waals surface area contributed by atoms with Crippen LogP contribution in [0.25, 0.3) is 12.2 Å². The average molecular weight is 1160 g/mol. The summed E-state index contributed by atoms with van der Waals surface area (Å²) in [7, 11) is 10.9. The molecule has 0 radical (unpaired) electrons. The summed E-state index contributed by atoms with van der Waals surface area (Å²) in [6, 6.07) is 18.2. The van der Waals surface area contributed by atoms with Crippen LogP contribution in [0.2, 0.25) is 0 Å². The number of phenolic OH excluding ortho intramolecular Hbond substituents is 3. The molecule has 0 bridgehead atoms. The molecule has 2 aliphatic heterocycles. The van der Waals surface area contributed by atoms with Crippen molar-refractivity contribution in [3.05, 3.63) is 113 Å². The molecule has 2 saturated heterocycles. The lowest BCUT2D eigenvalue weighted by molar-refractivity contribution is -0.281. The molecule has 5 aromatic rings. The Morgan fingerprint density at radius 2 is 1.16 bits per heavy atom. The first-order valence-corrected chi connectivity index (χ1v) is 25.8. The highest BCUT2D eigenvalue weighted by Gasteiger charge is 2.49. The van der Waals surface area contributed by atoms with Gasteiger partial charge in [0.05, 0.1) is 76.2 Å². The van der Waals surface area contributed by atoms with Gasteiger partial charge in [0.25, 0.3) is 0 Å². The first-order chi connectivity index (χ1) is 40.0. The lowest BCUT2D eigenvalue weighted by Crippen LogP contribution is -2.61. The summed E-state index contributed by atoms with van der Waals surface area (Å²) in [5.74, 6) is -2.37. The zero-order chi connectivity index (χ0) is 60.1. The fourth-order valence-corrected chi connectivity index (χ4v) is 9.55. The summed E-state index contributed by atoms with van der Waals surface area (Å²) in [5.41, 5.74) is 2.40. The highest BCUT2D eigenvalue weighted by molar-refractivity contribution is 5.88. The minimum absolute atomic E-state index is 0.0246. The maximum Gasteiger partial charge on any atom is 0.331 e. The van der Waals surface area contributed by atoms with Gasteiger partial charge in [-0.1, -0.05) is 12.1 Å². The number of hydrogen-bond acceptors (Lipinski definition) is 24. The number of aromatic hydroxyl groups is 3. The predicted molar refractivity (Wildman–Crippen MR) is 293 cm³/mol. The van der Waals surface area contributed by atoms with Crippen LogP contribution in [0.1, 0.15) is 40.0 Å². The number of hydrogen-bond donors (Lipinski definition) is 8. The van der Waals surface area contributed by atoms with Crippen LogP contribution in [-0.4, -0.2) is 173 Å². The summed E-state index contributed by atoms with van der Waals surface area (Å²) in [4.78, 5) is 26.4. The molecule has 0 aromatic heterocycles. The van der Waals surface area contributed by atoms with Gasteiger partial charge in [-0.2, -0.15) is 0 Å². The molecule has 10 atom stereocenters. The molecule has 0 unspecified atom stereocenters. The van der Waals surface area contributed by atoms with E-state index >= 15 is 0 Å². The number of carbonyl (C=O) groups is 2.